The van der Waals surface area contributed by atoms with E-state index in [9.17, 15) is 13.2 Å². The number of benzene rings is 2. The van der Waals surface area contributed by atoms with Gasteiger partial charge < -0.3 is 10.1 Å². The summed E-state index contributed by atoms with van der Waals surface area (Å²) in [5, 5.41) is 2.94. The van der Waals surface area contributed by atoms with Crippen molar-refractivity contribution in [2.75, 3.05) is 16.6 Å². The number of hydrogen-bond donors (Lipinski definition) is 2. The molecule has 0 fully saturated rings. The quantitative estimate of drug-likeness (QED) is 0.900. The first-order valence-electron chi connectivity index (χ1n) is 6.29. The predicted molar refractivity (Wildman–Crippen MR) is 82.8 cm³/mol. The van der Waals surface area contributed by atoms with Crippen LogP contribution in [0, 0.1) is 0 Å². The van der Waals surface area contributed by atoms with Gasteiger partial charge in [0.05, 0.1) is 16.3 Å². The minimum Gasteiger partial charge on any atom is -0.482 e. The lowest BCUT2D eigenvalue weighted by molar-refractivity contribution is -0.118. The summed E-state index contributed by atoms with van der Waals surface area (Å²) in [6.07, 6.45) is 0. The zero-order chi connectivity index (χ0) is 15.7. The number of sulfonamides is 1. The summed E-state index contributed by atoms with van der Waals surface area (Å²) in [6.45, 7) is -0.0550. The molecule has 0 unspecified atom stereocenters. The van der Waals surface area contributed by atoms with Crippen molar-refractivity contribution in [2.45, 2.75) is 4.90 Å². The lowest BCUT2D eigenvalue weighted by Crippen LogP contribution is -2.25. The molecular formula is C14H11ClN2O4S. The highest BCUT2D eigenvalue weighted by Crippen LogP contribution is 2.31. The molecule has 114 valence electrons. The number of carbonyl (C=O) groups excluding carboxylic acids is 1. The van der Waals surface area contributed by atoms with Gasteiger partial charge >= 0.3 is 0 Å². The molecule has 1 aliphatic rings. The molecule has 6 nitrogen and oxygen atoms in total. The molecule has 0 radical (unpaired) electrons. The summed E-state index contributed by atoms with van der Waals surface area (Å²) in [5.41, 5.74) is 0.729. The third-order valence-corrected chi connectivity index (χ3v) is 4.59. The van der Waals surface area contributed by atoms with E-state index in [4.69, 9.17) is 16.3 Å². The summed E-state index contributed by atoms with van der Waals surface area (Å²) < 4.78 is 32.2. The van der Waals surface area contributed by atoms with Gasteiger partial charge in [-0.3, -0.25) is 9.52 Å². The highest BCUT2D eigenvalue weighted by atomic mass is 35.5. The van der Waals surface area contributed by atoms with Gasteiger partial charge in [0.25, 0.3) is 15.9 Å². The number of ether oxygens (including phenoxy) is 1. The molecule has 1 aliphatic heterocycles. The molecule has 0 aromatic heterocycles. The van der Waals surface area contributed by atoms with Gasteiger partial charge in [-0.25, -0.2) is 8.42 Å². The summed E-state index contributed by atoms with van der Waals surface area (Å²) >= 11 is 5.81. The SMILES string of the molecule is O=C1COc2ccc(NS(=O)(=O)c3cccc(Cl)c3)cc2N1. The maximum absolute atomic E-state index is 12.3. The van der Waals surface area contributed by atoms with Gasteiger partial charge in [-0.2, -0.15) is 0 Å². The third kappa shape index (κ3) is 3.00. The minimum absolute atomic E-state index is 0.0537. The Morgan fingerprint density at radius 3 is 2.77 bits per heavy atom. The standard InChI is InChI=1S/C14H11ClN2O4S/c15-9-2-1-3-11(6-9)22(19,20)17-10-4-5-13-12(7-10)16-14(18)8-21-13/h1-7,17H,8H2,(H,16,18). The minimum atomic E-state index is -3.76. The first-order chi connectivity index (χ1) is 10.4. The lowest BCUT2D eigenvalue weighted by atomic mass is 10.2. The molecule has 0 saturated heterocycles. The number of fused-ring (bicyclic) bond motifs is 1. The van der Waals surface area contributed by atoms with E-state index in [2.05, 4.69) is 10.0 Å². The zero-order valence-corrected chi connectivity index (χ0v) is 12.7. The fraction of sp³-hybridized carbons (Fsp3) is 0.0714. The summed E-state index contributed by atoms with van der Waals surface area (Å²) in [4.78, 5) is 11.3. The fourth-order valence-corrected chi connectivity index (χ4v) is 3.34. The van der Waals surface area contributed by atoms with Gasteiger partial charge in [-0.1, -0.05) is 17.7 Å². The largest absolute Gasteiger partial charge is 0.482 e. The van der Waals surface area contributed by atoms with Gasteiger partial charge in [0.15, 0.2) is 6.61 Å². The molecule has 0 atom stereocenters. The molecular weight excluding hydrogens is 328 g/mol. The van der Waals surface area contributed by atoms with Crippen molar-refractivity contribution in [1.29, 1.82) is 0 Å². The summed E-state index contributed by atoms with van der Waals surface area (Å²) in [6, 6.07) is 10.6. The molecule has 0 aliphatic carbocycles. The van der Waals surface area contributed by atoms with E-state index in [1.54, 1.807) is 24.3 Å². The molecule has 0 bridgehead atoms. The molecule has 0 spiro atoms. The van der Waals surface area contributed by atoms with E-state index in [-0.39, 0.29) is 17.4 Å². The van der Waals surface area contributed by atoms with E-state index in [0.717, 1.165) is 0 Å². The zero-order valence-electron chi connectivity index (χ0n) is 11.2. The number of carbonyl (C=O) groups is 1. The van der Waals surface area contributed by atoms with E-state index in [1.807, 2.05) is 0 Å². The molecule has 1 amide bonds. The lowest BCUT2D eigenvalue weighted by Gasteiger charge is -2.18. The topological polar surface area (TPSA) is 84.5 Å². The van der Waals surface area contributed by atoms with Crippen molar-refractivity contribution in [2.24, 2.45) is 0 Å². The number of anilines is 2. The molecule has 0 saturated carbocycles. The molecule has 2 N–H and O–H groups in total. The number of rotatable bonds is 3. The molecule has 2 aromatic rings. The van der Waals surface area contributed by atoms with Crippen LogP contribution in [0.15, 0.2) is 47.4 Å². The van der Waals surface area contributed by atoms with Crippen LogP contribution >= 0.6 is 11.6 Å². The first kappa shape index (κ1) is 14.7. The Morgan fingerprint density at radius 1 is 1.18 bits per heavy atom. The van der Waals surface area contributed by atoms with Crippen LogP contribution in [0.5, 0.6) is 5.75 Å². The maximum atomic E-state index is 12.3. The predicted octanol–water partition coefficient (Wildman–Crippen LogP) is 2.47. The van der Waals surface area contributed by atoms with Crippen LogP contribution in [-0.2, 0) is 14.8 Å². The van der Waals surface area contributed by atoms with Gasteiger partial charge in [0.2, 0.25) is 0 Å². The van der Waals surface area contributed by atoms with Crippen LogP contribution in [0.1, 0.15) is 0 Å². The number of nitrogens with one attached hydrogen (secondary N) is 2. The van der Waals surface area contributed by atoms with Gasteiger partial charge in [-0.05, 0) is 36.4 Å². The van der Waals surface area contributed by atoms with Crippen LogP contribution in [0.4, 0.5) is 11.4 Å². The summed E-state index contributed by atoms with van der Waals surface area (Å²) in [7, 11) is -3.76. The second-order valence-electron chi connectivity index (χ2n) is 4.61. The van der Waals surface area contributed by atoms with E-state index in [1.165, 1.54) is 18.2 Å². The van der Waals surface area contributed by atoms with Crippen molar-refractivity contribution in [3.63, 3.8) is 0 Å². The molecule has 3 rings (SSSR count). The monoisotopic (exact) mass is 338 g/mol. The Morgan fingerprint density at radius 2 is 2.00 bits per heavy atom. The van der Waals surface area contributed by atoms with Gasteiger partial charge in [0, 0.05) is 5.02 Å². The first-order valence-corrected chi connectivity index (χ1v) is 8.15. The average Bonchev–Trinajstić information content (AvgIpc) is 2.46. The number of halogens is 1. The normalized spacial score (nSPS) is 13.8. The van der Waals surface area contributed by atoms with Crippen molar-refractivity contribution in [3.8, 4) is 5.75 Å². The van der Waals surface area contributed by atoms with Gasteiger partial charge in [0.1, 0.15) is 5.75 Å². The number of amides is 1. The van der Waals surface area contributed by atoms with E-state index < -0.39 is 10.0 Å². The van der Waals surface area contributed by atoms with Crippen molar-refractivity contribution < 1.29 is 17.9 Å². The van der Waals surface area contributed by atoms with E-state index in [0.29, 0.717) is 22.1 Å². The third-order valence-electron chi connectivity index (χ3n) is 2.97. The van der Waals surface area contributed by atoms with Crippen molar-refractivity contribution in [1.82, 2.24) is 0 Å². The average molecular weight is 339 g/mol. The molecule has 2 aromatic carbocycles. The van der Waals surface area contributed by atoms with E-state index >= 15 is 0 Å². The number of hydrogen-bond acceptors (Lipinski definition) is 4. The Labute approximate surface area is 132 Å². The summed E-state index contributed by atoms with van der Waals surface area (Å²) in [5.74, 6) is 0.202. The van der Waals surface area contributed by atoms with Crippen LogP contribution in [0.25, 0.3) is 0 Å². The van der Waals surface area contributed by atoms with Crippen molar-refractivity contribution in [3.05, 3.63) is 47.5 Å². The van der Waals surface area contributed by atoms with Crippen molar-refractivity contribution >= 4 is 38.9 Å². The van der Waals surface area contributed by atoms with Crippen LogP contribution in [0.3, 0.4) is 0 Å². The molecule has 1 heterocycles. The van der Waals surface area contributed by atoms with Gasteiger partial charge in [-0.15, -0.1) is 0 Å². The molecule has 8 heteroatoms. The van der Waals surface area contributed by atoms with Crippen LogP contribution in [-0.4, -0.2) is 20.9 Å². The van der Waals surface area contributed by atoms with Crippen LogP contribution < -0.4 is 14.8 Å². The molecule has 22 heavy (non-hydrogen) atoms. The Kier molecular flexibility index (Phi) is 3.67. The van der Waals surface area contributed by atoms with Crippen LogP contribution in [0.2, 0.25) is 5.02 Å². The smallest absolute Gasteiger partial charge is 0.262 e. The Bertz CT molecular complexity index is 852. The Balaban J connectivity index is 1.90. The second-order valence-corrected chi connectivity index (χ2v) is 6.73. The second kappa shape index (κ2) is 5.51. The highest BCUT2D eigenvalue weighted by molar-refractivity contribution is 7.92. The maximum Gasteiger partial charge on any atom is 0.262 e. The highest BCUT2D eigenvalue weighted by Gasteiger charge is 2.19. The Hall–Kier alpha value is -2.25. The fourth-order valence-electron chi connectivity index (χ4n) is 1.99.